The van der Waals surface area contributed by atoms with Gasteiger partial charge in [0.15, 0.2) is 0 Å². The summed E-state index contributed by atoms with van der Waals surface area (Å²) in [5.74, 6) is 0.233. The van der Waals surface area contributed by atoms with Crippen LogP contribution in [0.25, 0.3) is 0 Å². The molecule has 1 aliphatic rings. The standard InChI is InChI=1S/C13H19ClN2O2/c1-9-6-10(14)7-11(13(9)18)12(8-17)16-4-2-15-3-5-16/h6-7,12,15,17-18H,2-5,8H2,1H3/t12-/m0/s1. The first-order valence-corrected chi connectivity index (χ1v) is 6.56. The van der Waals surface area contributed by atoms with Crippen LogP contribution in [0, 0.1) is 6.92 Å². The number of hydrogen-bond donors (Lipinski definition) is 3. The maximum absolute atomic E-state index is 10.1. The maximum Gasteiger partial charge on any atom is 0.123 e. The van der Waals surface area contributed by atoms with Gasteiger partial charge >= 0.3 is 0 Å². The molecule has 1 aromatic rings. The molecule has 0 spiro atoms. The zero-order chi connectivity index (χ0) is 13.1. The Balaban J connectivity index is 2.31. The van der Waals surface area contributed by atoms with Crippen LogP contribution >= 0.6 is 11.6 Å². The van der Waals surface area contributed by atoms with Crippen molar-refractivity contribution in [2.45, 2.75) is 13.0 Å². The van der Waals surface area contributed by atoms with Crippen molar-refractivity contribution in [3.63, 3.8) is 0 Å². The van der Waals surface area contributed by atoms with Gasteiger partial charge in [-0.3, -0.25) is 4.90 Å². The van der Waals surface area contributed by atoms with E-state index in [0.29, 0.717) is 10.6 Å². The van der Waals surface area contributed by atoms with E-state index < -0.39 is 0 Å². The van der Waals surface area contributed by atoms with Crippen LogP contribution in [0.3, 0.4) is 0 Å². The quantitative estimate of drug-likeness (QED) is 0.775. The summed E-state index contributed by atoms with van der Waals surface area (Å²) in [6.07, 6.45) is 0. The van der Waals surface area contributed by atoms with Gasteiger partial charge in [-0.2, -0.15) is 0 Å². The third kappa shape index (κ3) is 2.78. The first-order valence-electron chi connectivity index (χ1n) is 6.18. The van der Waals surface area contributed by atoms with E-state index in [-0.39, 0.29) is 18.4 Å². The molecule has 1 atom stereocenters. The van der Waals surface area contributed by atoms with Crippen molar-refractivity contribution in [2.24, 2.45) is 0 Å². The van der Waals surface area contributed by atoms with E-state index in [1.54, 1.807) is 12.1 Å². The molecule has 0 amide bonds. The predicted molar refractivity (Wildman–Crippen MR) is 72.1 cm³/mol. The third-order valence-corrected chi connectivity index (χ3v) is 3.64. The Morgan fingerprint density at radius 3 is 2.67 bits per heavy atom. The van der Waals surface area contributed by atoms with Gasteiger partial charge in [-0.1, -0.05) is 11.6 Å². The fraction of sp³-hybridized carbons (Fsp3) is 0.538. The number of phenolic OH excluding ortho intramolecular Hbond substituents is 1. The van der Waals surface area contributed by atoms with Crippen molar-refractivity contribution < 1.29 is 10.2 Å². The van der Waals surface area contributed by atoms with E-state index >= 15 is 0 Å². The Morgan fingerprint density at radius 2 is 2.06 bits per heavy atom. The fourth-order valence-electron chi connectivity index (χ4n) is 2.42. The Morgan fingerprint density at radius 1 is 1.39 bits per heavy atom. The van der Waals surface area contributed by atoms with Crippen LogP contribution in [-0.2, 0) is 0 Å². The zero-order valence-electron chi connectivity index (χ0n) is 10.5. The molecule has 0 bridgehead atoms. The second-order valence-corrected chi connectivity index (χ2v) is 5.08. The van der Waals surface area contributed by atoms with E-state index in [1.807, 2.05) is 6.92 Å². The normalized spacial score (nSPS) is 18.8. The topological polar surface area (TPSA) is 55.7 Å². The van der Waals surface area contributed by atoms with Crippen LogP contribution < -0.4 is 5.32 Å². The van der Waals surface area contributed by atoms with Crippen LogP contribution in [0.15, 0.2) is 12.1 Å². The maximum atomic E-state index is 10.1. The Hall–Kier alpha value is -0.810. The number of nitrogens with one attached hydrogen (secondary N) is 1. The lowest BCUT2D eigenvalue weighted by Gasteiger charge is -2.34. The van der Waals surface area contributed by atoms with E-state index in [0.717, 1.165) is 31.7 Å². The van der Waals surface area contributed by atoms with Gasteiger partial charge in [-0.05, 0) is 24.6 Å². The smallest absolute Gasteiger partial charge is 0.123 e. The summed E-state index contributed by atoms with van der Waals surface area (Å²) in [4.78, 5) is 2.17. The van der Waals surface area contributed by atoms with Crippen LogP contribution in [0.5, 0.6) is 5.75 Å². The number of aliphatic hydroxyl groups is 1. The average Bonchev–Trinajstić information content (AvgIpc) is 2.37. The van der Waals surface area contributed by atoms with Gasteiger partial charge in [0.1, 0.15) is 5.75 Å². The van der Waals surface area contributed by atoms with Gasteiger partial charge in [0.25, 0.3) is 0 Å². The first kappa shape index (κ1) is 13.6. The zero-order valence-corrected chi connectivity index (χ0v) is 11.2. The minimum atomic E-state index is -0.190. The Labute approximate surface area is 112 Å². The number of rotatable bonds is 3. The third-order valence-electron chi connectivity index (χ3n) is 3.42. The van der Waals surface area contributed by atoms with Gasteiger partial charge in [0, 0.05) is 36.8 Å². The second-order valence-electron chi connectivity index (χ2n) is 4.64. The highest BCUT2D eigenvalue weighted by Crippen LogP contribution is 2.33. The van der Waals surface area contributed by atoms with E-state index in [1.165, 1.54) is 0 Å². The van der Waals surface area contributed by atoms with Crippen molar-refractivity contribution in [2.75, 3.05) is 32.8 Å². The first-order chi connectivity index (χ1) is 8.63. The molecule has 1 heterocycles. The molecule has 1 aromatic carbocycles. The van der Waals surface area contributed by atoms with Gasteiger partial charge in [-0.15, -0.1) is 0 Å². The largest absolute Gasteiger partial charge is 0.507 e. The molecule has 0 aliphatic carbocycles. The molecule has 18 heavy (non-hydrogen) atoms. The van der Waals surface area contributed by atoms with Crippen molar-refractivity contribution in [1.82, 2.24) is 10.2 Å². The SMILES string of the molecule is Cc1cc(Cl)cc([C@H](CO)N2CCNCC2)c1O. The molecular formula is C13H19ClN2O2. The highest BCUT2D eigenvalue weighted by Gasteiger charge is 2.24. The molecule has 1 saturated heterocycles. The number of halogens is 1. The number of piperazine rings is 1. The summed E-state index contributed by atoms with van der Waals surface area (Å²) in [6.45, 7) is 5.31. The van der Waals surface area contributed by atoms with Crippen LogP contribution in [-0.4, -0.2) is 47.9 Å². The summed E-state index contributed by atoms with van der Waals surface area (Å²) < 4.78 is 0. The van der Waals surface area contributed by atoms with Crippen LogP contribution in [0.2, 0.25) is 5.02 Å². The number of nitrogens with zero attached hydrogens (tertiary/aromatic N) is 1. The molecule has 0 aromatic heterocycles. The summed E-state index contributed by atoms with van der Waals surface area (Å²) in [5.41, 5.74) is 1.45. The summed E-state index contributed by atoms with van der Waals surface area (Å²) >= 11 is 6.04. The van der Waals surface area contributed by atoms with Gasteiger partial charge in [0.05, 0.1) is 12.6 Å². The van der Waals surface area contributed by atoms with Gasteiger partial charge in [0.2, 0.25) is 0 Å². The average molecular weight is 271 g/mol. The summed E-state index contributed by atoms with van der Waals surface area (Å²) in [5, 5.41) is 23.6. The highest BCUT2D eigenvalue weighted by atomic mass is 35.5. The summed E-state index contributed by atoms with van der Waals surface area (Å²) in [6, 6.07) is 3.28. The van der Waals surface area contributed by atoms with Crippen molar-refractivity contribution in [1.29, 1.82) is 0 Å². The Kier molecular flexibility index (Phi) is 4.45. The van der Waals surface area contributed by atoms with Crippen LogP contribution in [0.4, 0.5) is 0 Å². The molecule has 100 valence electrons. The minimum absolute atomic E-state index is 0.0205. The van der Waals surface area contributed by atoms with Gasteiger partial charge in [-0.25, -0.2) is 0 Å². The number of aryl methyl sites for hydroxylation is 1. The van der Waals surface area contributed by atoms with E-state index in [4.69, 9.17) is 11.6 Å². The number of hydrogen-bond acceptors (Lipinski definition) is 4. The molecule has 4 nitrogen and oxygen atoms in total. The van der Waals surface area contributed by atoms with Crippen molar-refractivity contribution >= 4 is 11.6 Å². The number of aliphatic hydroxyl groups excluding tert-OH is 1. The molecule has 1 aliphatic heterocycles. The lowest BCUT2D eigenvalue weighted by molar-refractivity contribution is 0.109. The molecule has 2 rings (SSSR count). The fourth-order valence-corrected chi connectivity index (χ4v) is 2.70. The molecule has 0 radical (unpaired) electrons. The predicted octanol–water partition coefficient (Wildman–Crippen LogP) is 1.29. The van der Waals surface area contributed by atoms with E-state index in [2.05, 4.69) is 10.2 Å². The highest BCUT2D eigenvalue weighted by molar-refractivity contribution is 6.30. The molecular weight excluding hydrogens is 252 g/mol. The molecule has 0 saturated carbocycles. The van der Waals surface area contributed by atoms with E-state index in [9.17, 15) is 10.2 Å². The monoisotopic (exact) mass is 270 g/mol. The lowest BCUT2D eigenvalue weighted by atomic mass is 10.0. The second kappa shape index (κ2) is 5.89. The number of benzene rings is 1. The lowest BCUT2D eigenvalue weighted by Crippen LogP contribution is -2.46. The Bertz CT molecular complexity index is 420. The van der Waals surface area contributed by atoms with Crippen molar-refractivity contribution in [3.05, 3.63) is 28.3 Å². The van der Waals surface area contributed by atoms with Crippen molar-refractivity contribution in [3.8, 4) is 5.75 Å². The molecule has 0 unspecified atom stereocenters. The minimum Gasteiger partial charge on any atom is -0.507 e. The van der Waals surface area contributed by atoms with Crippen LogP contribution in [0.1, 0.15) is 17.2 Å². The summed E-state index contributed by atoms with van der Waals surface area (Å²) in [7, 11) is 0. The number of aromatic hydroxyl groups is 1. The molecule has 3 N–H and O–H groups in total. The molecule has 1 fully saturated rings. The molecule has 5 heteroatoms. The number of phenols is 1. The van der Waals surface area contributed by atoms with Gasteiger partial charge < -0.3 is 15.5 Å².